The maximum absolute atomic E-state index is 12.5. The molecule has 0 aliphatic rings. The van der Waals surface area contributed by atoms with Crippen LogP contribution in [0.4, 0.5) is 0 Å². The van der Waals surface area contributed by atoms with E-state index in [9.17, 15) is 20.1 Å². The monoisotopic (exact) mass is 720 g/mol. The van der Waals surface area contributed by atoms with Gasteiger partial charge < -0.3 is 20.6 Å². The van der Waals surface area contributed by atoms with Crippen LogP contribution in [0, 0.1) is 0 Å². The fourth-order valence-corrected chi connectivity index (χ4v) is 6.99. The average Bonchev–Trinajstić information content (AvgIpc) is 3.13. The van der Waals surface area contributed by atoms with Gasteiger partial charge in [-0.1, -0.05) is 218 Å². The predicted octanol–water partition coefficient (Wildman–Crippen LogP) is 13.0. The van der Waals surface area contributed by atoms with Crippen molar-refractivity contribution in [3.05, 3.63) is 24.3 Å². The largest absolute Gasteiger partial charge is 0.394 e. The number of carbonyl (C=O) groups excluding carboxylic acids is 1. The zero-order valence-electron chi connectivity index (χ0n) is 34.2. The van der Waals surface area contributed by atoms with Crippen LogP contribution in [0.15, 0.2) is 24.3 Å². The SMILES string of the molecule is CCCCC/C=C\C/C=C\CCCCCCCCC(O)C(=O)NC(CO)C(O)CCCCCCCCCCCCCCCCCCCCCCC. The van der Waals surface area contributed by atoms with Crippen molar-refractivity contribution >= 4 is 5.91 Å². The maximum Gasteiger partial charge on any atom is 0.249 e. The Morgan fingerprint density at radius 2 is 0.804 bits per heavy atom. The van der Waals surface area contributed by atoms with Crippen LogP contribution in [-0.4, -0.2) is 46.1 Å². The van der Waals surface area contributed by atoms with E-state index in [1.807, 2.05) is 0 Å². The summed E-state index contributed by atoms with van der Waals surface area (Å²) in [5, 5.41) is 33.3. The van der Waals surface area contributed by atoms with Crippen LogP contribution in [0.5, 0.6) is 0 Å². The highest BCUT2D eigenvalue weighted by Crippen LogP contribution is 2.16. The quantitative estimate of drug-likeness (QED) is 0.0374. The highest BCUT2D eigenvalue weighted by molar-refractivity contribution is 5.80. The summed E-state index contributed by atoms with van der Waals surface area (Å²) < 4.78 is 0. The van der Waals surface area contributed by atoms with E-state index in [0.29, 0.717) is 12.8 Å². The Hall–Kier alpha value is -1.17. The molecule has 1 amide bonds. The molecule has 0 aromatic rings. The summed E-state index contributed by atoms with van der Waals surface area (Å²) in [5.41, 5.74) is 0. The van der Waals surface area contributed by atoms with Gasteiger partial charge in [-0.3, -0.25) is 4.79 Å². The van der Waals surface area contributed by atoms with Gasteiger partial charge in [-0.25, -0.2) is 0 Å². The van der Waals surface area contributed by atoms with Gasteiger partial charge >= 0.3 is 0 Å². The number of nitrogens with one attached hydrogen (secondary N) is 1. The van der Waals surface area contributed by atoms with Gasteiger partial charge in [0.1, 0.15) is 6.10 Å². The second-order valence-electron chi connectivity index (χ2n) is 15.6. The highest BCUT2D eigenvalue weighted by Gasteiger charge is 2.23. The molecular weight excluding hydrogens is 631 g/mol. The summed E-state index contributed by atoms with van der Waals surface area (Å²) in [7, 11) is 0. The Balaban J connectivity index is 3.61. The van der Waals surface area contributed by atoms with Crippen LogP contribution in [0.25, 0.3) is 0 Å². The third kappa shape index (κ3) is 37.0. The smallest absolute Gasteiger partial charge is 0.249 e. The standard InChI is InChI=1S/C46H89NO4/c1-3-5-7-9-11-13-15-17-19-21-22-23-24-25-27-28-30-32-34-36-38-40-44(49)43(42-48)47-46(51)45(50)41-39-37-35-33-31-29-26-20-18-16-14-12-10-8-6-4-2/h12,14,18,20,43-45,48-50H,3-11,13,15-17,19,21-42H2,1-2H3,(H,47,51)/b14-12-,20-18-. The molecule has 0 aromatic carbocycles. The first kappa shape index (κ1) is 49.8. The highest BCUT2D eigenvalue weighted by atomic mass is 16.3. The van der Waals surface area contributed by atoms with Crippen LogP contribution in [0.1, 0.15) is 239 Å². The number of hydrogen-bond acceptors (Lipinski definition) is 4. The van der Waals surface area contributed by atoms with Crippen molar-refractivity contribution in [1.29, 1.82) is 0 Å². The molecule has 0 heterocycles. The molecular formula is C46H89NO4. The molecule has 0 saturated carbocycles. The molecule has 5 heteroatoms. The Kier molecular flexibility index (Phi) is 40.6. The number of allylic oxidation sites excluding steroid dienone is 4. The number of unbranched alkanes of at least 4 members (excludes halogenated alkanes) is 29. The van der Waals surface area contributed by atoms with Crippen LogP contribution in [-0.2, 0) is 4.79 Å². The fraction of sp³-hybridized carbons (Fsp3) is 0.891. The van der Waals surface area contributed by atoms with Crippen LogP contribution in [0.3, 0.4) is 0 Å². The summed E-state index contributed by atoms with van der Waals surface area (Å²) in [6, 6.07) is -0.715. The Morgan fingerprint density at radius 1 is 0.471 bits per heavy atom. The molecule has 302 valence electrons. The minimum Gasteiger partial charge on any atom is -0.394 e. The molecule has 0 fully saturated rings. The lowest BCUT2D eigenvalue weighted by molar-refractivity contribution is -0.131. The van der Waals surface area contributed by atoms with Crippen LogP contribution >= 0.6 is 0 Å². The first-order valence-electron chi connectivity index (χ1n) is 22.6. The van der Waals surface area contributed by atoms with E-state index < -0.39 is 24.2 Å². The molecule has 0 aromatic heterocycles. The van der Waals surface area contributed by atoms with Gasteiger partial charge in [-0.05, 0) is 44.9 Å². The van der Waals surface area contributed by atoms with Crippen molar-refractivity contribution in [2.24, 2.45) is 0 Å². The molecule has 0 aliphatic carbocycles. The number of hydrogen-bond donors (Lipinski definition) is 4. The van der Waals surface area contributed by atoms with Crippen molar-refractivity contribution < 1.29 is 20.1 Å². The molecule has 0 radical (unpaired) electrons. The molecule has 3 atom stereocenters. The lowest BCUT2D eigenvalue weighted by Gasteiger charge is -2.23. The Labute approximate surface area is 318 Å². The Morgan fingerprint density at radius 3 is 1.22 bits per heavy atom. The van der Waals surface area contributed by atoms with E-state index in [0.717, 1.165) is 44.9 Å². The molecule has 5 nitrogen and oxygen atoms in total. The molecule has 51 heavy (non-hydrogen) atoms. The third-order valence-corrected chi connectivity index (χ3v) is 10.6. The predicted molar refractivity (Wildman–Crippen MR) is 222 cm³/mol. The first-order chi connectivity index (χ1) is 25.1. The van der Waals surface area contributed by atoms with Crippen LogP contribution < -0.4 is 5.32 Å². The summed E-state index contributed by atoms with van der Waals surface area (Å²) >= 11 is 0. The summed E-state index contributed by atoms with van der Waals surface area (Å²) in [6.07, 6.45) is 50.3. The van der Waals surface area contributed by atoms with Crippen molar-refractivity contribution in [3.63, 3.8) is 0 Å². The van der Waals surface area contributed by atoms with Crippen molar-refractivity contribution in [1.82, 2.24) is 5.32 Å². The van der Waals surface area contributed by atoms with Gasteiger partial charge in [0.05, 0.1) is 18.8 Å². The zero-order valence-corrected chi connectivity index (χ0v) is 34.2. The van der Waals surface area contributed by atoms with E-state index in [1.165, 1.54) is 167 Å². The van der Waals surface area contributed by atoms with Gasteiger partial charge in [0.15, 0.2) is 0 Å². The molecule has 4 N–H and O–H groups in total. The van der Waals surface area contributed by atoms with Crippen molar-refractivity contribution in [3.8, 4) is 0 Å². The molecule has 0 aliphatic heterocycles. The maximum atomic E-state index is 12.5. The minimum absolute atomic E-state index is 0.316. The second kappa shape index (κ2) is 41.6. The zero-order chi connectivity index (χ0) is 37.3. The van der Waals surface area contributed by atoms with Gasteiger partial charge in [-0.2, -0.15) is 0 Å². The number of rotatable bonds is 41. The van der Waals surface area contributed by atoms with Gasteiger partial charge in [0.2, 0.25) is 5.91 Å². The number of amides is 1. The average molecular weight is 720 g/mol. The van der Waals surface area contributed by atoms with E-state index in [2.05, 4.69) is 43.5 Å². The summed E-state index contributed by atoms with van der Waals surface area (Å²) in [5.74, 6) is -0.477. The first-order valence-corrected chi connectivity index (χ1v) is 22.6. The van der Waals surface area contributed by atoms with E-state index in [1.54, 1.807) is 0 Å². The van der Waals surface area contributed by atoms with E-state index >= 15 is 0 Å². The molecule has 0 saturated heterocycles. The third-order valence-electron chi connectivity index (χ3n) is 10.6. The molecule has 0 rings (SSSR count). The normalized spacial score (nSPS) is 13.7. The van der Waals surface area contributed by atoms with Crippen LogP contribution in [0.2, 0.25) is 0 Å². The summed E-state index contributed by atoms with van der Waals surface area (Å²) in [6.45, 7) is 4.21. The van der Waals surface area contributed by atoms with E-state index in [-0.39, 0.29) is 6.61 Å². The number of aliphatic hydroxyl groups is 3. The Bertz CT molecular complexity index is 754. The topological polar surface area (TPSA) is 89.8 Å². The summed E-state index contributed by atoms with van der Waals surface area (Å²) in [4.78, 5) is 12.5. The second-order valence-corrected chi connectivity index (χ2v) is 15.6. The fourth-order valence-electron chi connectivity index (χ4n) is 6.99. The number of carbonyl (C=O) groups is 1. The molecule has 0 spiro atoms. The lowest BCUT2D eigenvalue weighted by atomic mass is 10.0. The van der Waals surface area contributed by atoms with Gasteiger partial charge in [0.25, 0.3) is 0 Å². The number of aliphatic hydroxyl groups excluding tert-OH is 3. The van der Waals surface area contributed by atoms with Gasteiger partial charge in [0, 0.05) is 0 Å². The van der Waals surface area contributed by atoms with Crippen molar-refractivity contribution in [2.75, 3.05) is 6.61 Å². The molecule has 0 bridgehead atoms. The molecule has 3 unspecified atom stereocenters. The van der Waals surface area contributed by atoms with Gasteiger partial charge in [-0.15, -0.1) is 0 Å². The lowest BCUT2D eigenvalue weighted by Crippen LogP contribution is -2.49. The minimum atomic E-state index is -1.08. The van der Waals surface area contributed by atoms with E-state index in [4.69, 9.17) is 0 Å². The van der Waals surface area contributed by atoms with Crippen molar-refractivity contribution in [2.45, 2.75) is 257 Å².